The smallest absolute Gasteiger partial charge is 0.340 e. The lowest BCUT2D eigenvalue weighted by atomic mass is 10.2. The Morgan fingerprint density at radius 2 is 1.71 bits per heavy atom. The summed E-state index contributed by atoms with van der Waals surface area (Å²) in [6.45, 7) is 1.33. The number of benzene rings is 2. The summed E-state index contributed by atoms with van der Waals surface area (Å²) in [7, 11) is 0. The van der Waals surface area contributed by atoms with Crippen LogP contribution >= 0.6 is 11.8 Å². The number of hydrogen-bond acceptors (Lipinski definition) is 4. The molecule has 0 aromatic heterocycles. The number of hydrogen-bond donors (Lipinski definition) is 1. The van der Waals surface area contributed by atoms with Gasteiger partial charge in [0, 0.05) is 4.90 Å². The van der Waals surface area contributed by atoms with Crippen molar-refractivity contribution in [1.82, 2.24) is 0 Å². The molecular formula is C17H15F2NO3S. The van der Waals surface area contributed by atoms with E-state index in [-0.39, 0.29) is 0 Å². The molecule has 1 N–H and O–H groups in total. The topological polar surface area (TPSA) is 55.4 Å². The molecule has 2 aromatic rings. The van der Waals surface area contributed by atoms with E-state index in [1.165, 1.54) is 24.8 Å². The van der Waals surface area contributed by atoms with Crippen LogP contribution in [0.15, 0.2) is 47.4 Å². The highest BCUT2D eigenvalue weighted by Crippen LogP contribution is 2.22. The first kappa shape index (κ1) is 17.9. The zero-order chi connectivity index (χ0) is 17.7. The minimum atomic E-state index is -1.22. The number of ether oxygens (including phenoxy) is 1. The molecule has 4 nitrogen and oxygen atoms in total. The van der Waals surface area contributed by atoms with Crippen LogP contribution in [0.25, 0.3) is 0 Å². The number of anilines is 1. The molecule has 24 heavy (non-hydrogen) atoms. The zero-order valence-corrected chi connectivity index (χ0v) is 13.8. The summed E-state index contributed by atoms with van der Waals surface area (Å²) in [6, 6.07) is 10.0. The molecule has 0 unspecified atom stereocenters. The Labute approximate surface area is 142 Å². The molecule has 126 valence electrons. The van der Waals surface area contributed by atoms with Crippen molar-refractivity contribution in [3.63, 3.8) is 0 Å². The van der Waals surface area contributed by atoms with Gasteiger partial charge in [0.15, 0.2) is 6.10 Å². The molecule has 0 aliphatic heterocycles. The van der Waals surface area contributed by atoms with E-state index in [1.807, 2.05) is 6.26 Å². The molecule has 0 heterocycles. The molecule has 0 aliphatic carbocycles. The highest BCUT2D eigenvalue weighted by atomic mass is 32.2. The first-order valence-corrected chi connectivity index (χ1v) is 8.25. The van der Waals surface area contributed by atoms with Crippen LogP contribution in [0, 0.1) is 11.6 Å². The lowest BCUT2D eigenvalue weighted by molar-refractivity contribution is -0.123. The van der Waals surface area contributed by atoms with Gasteiger partial charge < -0.3 is 10.1 Å². The van der Waals surface area contributed by atoms with E-state index in [4.69, 9.17) is 4.74 Å². The number of halogens is 2. The molecule has 1 amide bonds. The van der Waals surface area contributed by atoms with E-state index in [0.29, 0.717) is 10.5 Å². The van der Waals surface area contributed by atoms with Crippen LogP contribution in [0.4, 0.5) is 14.5 Å². The molecule has 0 saturated carbocycles. The molecule has 1 atom stereocenters. The first-order chi connectivity index (χ1) is 11.4. The normalized spacial score (nSPS) is 11.7. The van der Waals surface area contributed by atoms with Gasteiger partial charge in [0.2, 0.25) is 0 Å². The molecule has 0 saturated heterocycles. The maximum atomic E-state index is 13.5. The molecule has 2 aromatic carbocycles. The molecule has 0 bridgehead atoms. The van der Waals surface area contributed by atoms with E-state index in [1.54, 1.807) is 24.3 Å². The largest absolute Gasteiger partial charge is 0.449 e. The number of nitrogens with one attached hydrogen (secondary N) is 1. The Morgan fingerprint density at radius 1 is 1.08 bits per heavy atom. The summed E-state index contributed by atoms with van der Waals surface area (Å²) < 4.78 is 32.2. The van der Waals surface area contributed by atoms with Gasteiger partial charge in [0.25, 0.3) is 5.91 Å². The van der Waals surface area contributed by atoms with Crippen LogP contribution in [0.3, 0.4) is 0 Å². The van der Waals surface area contributed by atoms with Crippen LogP contribution in [0.1, 0.15) is 17.3 Å². The third-order valence-corrected chi connectivity index (χ3v) is 3.99. The first-order valence-electron chi connectivity index (χ1n) is 7.03. The monoisotopic (exact) mass is 351 g/mol. The Morgan fingerprint density at radius 3 is 2.33 bits per heavy atom. The van der Waals surface area contributed by atoms with Crippen molar-refractivity contribution in [3.8, 4) is 0 Å². The average Bonchev–Trinajstić information content (AvgIpc) is 2.57. The molecule has 0 fully saturated rings. The van der Waals surface area contributed by atoms with E-state index >= 15 is 0 Å². The maximum Gasteiger partial charge on any atom is 0.340 e. The standard InChI is InChI=1S/C17H15F2NO3S/c1-10(16(21)20-15-12(18)7-5-8-13(15)19)23-17(22)11-6-3-4-9-14(11)24-2/h3-10H,1-2H3,(H,20,21)/t10-/m0/s1. The van der Waals surface area contributed by atoms with E-state index in [9.17, 15) is 18.4 Å². The van der Waals surface area contributed by atoms with Crippen LogP contribution in [-0.4, -0.2) is 24.2 Å². The van der Waals surface area contributed by atoms with Gasteiger partial charge in [-0.05, 0) is 37.4 Å². The fourth-order valence-corrected chi connectivity index (χ4v) is 2.52. The van der Waals surface area contributed by atoms with Gasteiger partial charge in [-0.3, -0.25) is 4.79 Å². The van der Waals surface area contributed by atoms with E-state index in [0.717, 1.165) is 12.1 Å². The second-order valence-electron chi connectivity index (χ2n) is 4.83. The van der Waals surface area contributed by atoms with Crippen molar-refractivity contribution < 1.29 is 23.1 Å². The highest BCUT2D eigenvalue weighted by Gasteiger charge is 2.22. The summed E-state index contributed by atoms with van der Waals surface area (Å²) in [4.78, 5) is 24.9. The van der Waals surface area contributed by atoms with Crippen LogP contribution < -0.4 is 5.32 Å². The van der Waals surface area contributed by atoms with Gasteiger partial charge in [-0.15, -0.1) is 11.8 Å². The number of para-hydroxylation sites is 1. The number of esters is 1. The molecule has 2 rings (SSSR count). The van der Waals surface area contributed by atoms with Crippen LogP contribution in [0.2, 0.25) is 0 Å². The lowest BCUT2D eigenvalue weighted by Gasteiger charge is -2.15. The fraction of sp³-hybridized carbons (Fsp3) is 0.176. The van der Waals surface area contributed by atoms with Gasteiger partial charge in [-0.2, -0.15) is 0 Å². The predicted molar refractivity (Wildman–Crippen MR) is 88.1 cm³/mol. The second kappa shape index (κ2) is 7.92. The Bertz CT molecular complexity index is 747. The quantitative estimate of drug-likeness (QED) is 0.656. The third-order valence-electron chi connectivity index (χ3n) is 3.19. The summed E-state index contributed by atoms with van der Waals surface area (Å²) in [5, 5.41) is 2.09. The summed E-state index contributed by atoms with van der Waals surface area (Å²) in [6.07, 6.45) is 0.592. The Balaban J connectivity index is 2.07. The Kier molecular flexibility index (Phi) is 5.92. The van der Waals surface area contributed by atoms with Crippen LogP contribution in [0.5, 0.6) is 0 Å². The van der Waals surface area contributed by atoms with Crippen molar-refractivity contribution in [3.05, 3.63) is 59.7 Å². The second-order valence-corrected chi connectivity index (χ2v) is 5.68. The molecule has 7 heteroatoms. The van der Waals surface area contributed by atoms with Crippen molar-refractivity contribution in [2.24, 2.45) is 0 Å². The highest BCUT2D eigenvalue weighted by molar-refractivity contribution is 7.98. The number of rotatable bonds is 5. The average molecular weight is 351 g/mol. The number of carbonyl (C=O) groups excluding carboxylic acids is 2. The minimum absolute atomic E-state index is 0.321. The van der Waals surface area contributed by atoms with Gasteiger partial charge in [-0.1, -0.05) is 18.2 Å². The fourth-order valence-electron chi connectivity index (χ4n) is 1.93. The minimum Gasteiger partial charge on any atom is -0.449 e. The van der Waals surface area contributed by atoms with Gasteiger partial charge in [0.05, 0.1) is 5.56 Å². The van der Waals surface area contributed by atoms with Crippen molar-refractivity contribution in [2.45, 2.75) is 17.9 Å². The SMILES string of the molecule is CSc1ccccc1C(=O)O[C@@H](C)C(=O)Nc1c(F)cccc1F. The van der Waals surface area contributed by atoms with Gasteiger partial charge in [-0.25, -0.2) is 13.6 Å². The summed E-state index contributed by atoms with van der Waals surface area (Å²) >= 11 is 1.37. The maximum absolute atomic E-state index is 13.5. The van der Waals surface area contributed by atoms with Crippen molar-refractivity contribution >= 4 is 29.3 Å². The molecule has 0 spiro atoms. The molecule has 0 aliphatic rings. The summed E-state index contributed by atoms with van der Waals surface area (Å²) in [5.74, 6) is -3.32. The number of thioether (sulfide) groups is 1. The number of amides is 1. The van der Waals surface area contributed by atoms with E-state index in [2.05, 4.69) is 5.32 Å². The predicted octanol–water partition coefficient (Wildman–Crippen LogP) is 3.87. The zero-order valence-electron chi connectivity index (χ0n) is 13.0. The third kappa shape index (κ3) is 4.11. The Hall–Kier alpha value is -2.41. The van der Waals surface area contributed by atoms with Crippen LogP contribution in [-0.2, 0) is 9.53 Å². The van der Waals surface area contributed by atoms with Gasteiger partial charge >= 0.3 is 5.97 Å². The number of carbonyl (C=O) groups is 2. The van der Waals surface area contributed by atoms with Gasteiger partial charge in [0.1, 0.15) is 17.3 Å². The van der Waals surface area contributed by atoms with E-state index < -0.39 is 35.3 Å². The lowest BCUT2D eigenvalue weighted by Crippen LogP contribution is -2.30. The molecule has 0 radical (unpaired) electrons. The van der Waals surface area contributed by atoms with Crippen molar-refractivity contribution in [2.75, 3.05) is 11.6 Å². The summed E-state index contributed by atoms with van der Waals surface area (Å²) in [5.41, 5.74) is -0.253. The van der Waals surface area contributed by atoms with Crippen molar-refractivity contribution in [1.29, 1.82) is 0 Å². The molecular weight excluding hydrogens is 336 g/mol.